The van der Waals surface area contributed by atoms with Crippen LogP contribution in [-0.2, 0) is 8.98 Å². The largest absolute Gasteiger partial charge is 0.481 e. The van der Waals surface area contributed by atoms with Gasteiger partial charge < -0.3 is 9.29 Å². The molecule has 1 N–H and O–H groups in total. The average molecular weight is 162 g/mol. The third-order valence-electron chi connectivity index (χ3n) is 1.68. The lowest BCUT2D eigenvalue weighted by Gasteiger charge is -2.30. The minimum atomic E-state index is -0.694. The third kappa shape index (κ3) is 1.64. The predicted octanol–water partition coefficient (Wildman–Crippen LogP) is 1.14. The van der Waals surface area contributed by atoms with Crippen LogP contribution >= 0.6 is 12.0 Å². The summed E-state index contributed by atoms with van der Waals surface area (Å²) in [5.74, 6) is -0.849. The van der Waals surface area contributed by atoms with Crippen molar-refractivity contribution in [3.63, 3.8) is 0 Å². The maximum absolute atomic E-state index is 10.3. The second-order valence-corrected chi connectivity index (χ2v) is 2.92. The van der Waals surface area contributed by atoms with Crippen LogP contribution in [0.5, 0.6) is 0 Å². The van der Waals surface area contributed by atoms with Crippen LogP contribution in [0.15, 0.2) is 0 Å². The molecule has 1 saturated carbocycles. The Morgan fingerprint density at radius 2 is 2.30 bits per heavy atom. The molecule has 3 nitrogen and oxygen atoms in total. The number of hydrogen-bond acceptors (Lipinski definition) is 3. The number of rotatable bonds is 3. The molecule has 0 aromatic carbocycles. The van der Waals surface area contributed by atoms with Crippen LogP contribution in [0.3, 0.4) is 0 Å². The SMILES string of the molecule is CSOC1CC(C(=O)O)C1. The Labute approximate surface area is 64.0 Å². The maximum Gasteiger partial charge on any atom is 0.306 e. The van der Waals surface area contributed by atoms with Crippen LogP contribution in [0.2, 0.25) is 0 Å². The average Bonchev–Trinajstić information content (AvgIpc) is 1.76. The molecule has 0 atom stereocenters. The Kier molecular flexibility index (Phi) is 2.56. The second-order valence-electron chi connectivity index (χ2n) is 2.39. The minimum Gasteiger partial charge on any atom is -0.481 e. The number of carboxylic acid groups (broad SMARTS) is 1. The fourth-order valence-electron chi connectivity index (χ4n) is 0.982. The first-order valence-electron chi connectivity index (χ1n) is 3.16. The van der Waals surface area contributed by atoms with E-state index >= 15 is 0 Å². The topological polar surface area (TPSA) is 46.5 Å². The van der Waals surface area contributed by atoms with Gasteiger partial charge in [-0.15, -0.1) is 0 Å². The molecule has 0 spiro atoms. The maximum atomic E-state index is 10.3. The van der Waals surface area contributed by atoms with E-state index in [1.165, 1.54) is 12.0 Å². The Morgan fingerprint density at radius 3 is 2.70 bits per heavy atom. The summed E-state index contributed by atoms with van der Waals surface area (Å²) in [6.45, 7) is 0. The van der Waals surface area contributed by atoms with Gasteiger partial charge in [-0.05, 0) is 24.9 Å². The highest BCUT2D eigenvalue weighted by Crippen LogP contribution is 2.31. The molecule has 0 heterocycles. The van der Waals surface area contributed by atoms with E-state index in [9.17, 15) is 4.79 Å². The van der Waals surface area contributed by atoms with Gasteiger partial charge in [0.2, 0.25) is 0 Å². The summed E-state index contributed by atoms with van der Waals surface area (Å²) in [7, 11) is 0. The zero-order valence-electron chi connectivity index (χ0n) is 5.74. The van der Waals surface area contributed by atoms with E-state index in [0.717, 1.165) is 0 Å². The molecule has 0 aromatic rings. The lowest BCUT2D eigenvalue weighted by molar-refractivity contribution is -0.147. The number of aliphatic carboxylic acids is 1. The molecule has 0 aliphatic heterocycles. The Bertz CT molecular complexity index is 131. The van der Waals surface area contributed by atoms with Gasteiger partial charge in [0, 0.05) is 6.26 Å². The van der Waals surface area contributed by atoms with Crippen molar-refractivity contribution >= 4 is 18.0 Å². The van der Waals surface area contributed by atoms with Crippen LogP contribution in [0.1, 0.15) is 12.8 Å². The highest BCUT2D eigenvalue weighted by atomic mass is 32.2. The molecule has 10 heavy (non-hydrogen) atoms. The van der Waals surface area contributed by atoms with Crippen molar-refractivity contribution in [1.82, 2.24) is 0 Å². The molecule has 0 saturated heterocycles. The van der Waals surface area contributed by atoms with Gasteiger partial charge in [0.05, 0.1) is 12.0 Å². The van der Waals surface area contributed by atoms with E-state index in [1.807, 2.05) is 6.26 Å². The van der Waals surface area contributed by atoms with Crippen LogP contribution in [-0.4, -0.2) is 23.4 Å². The summed E-state index contributed by atoms with van der Waals surface area (Å²) >= 11 is 1.31. The fourth-order valence-corrected chi connectivity index (χ4v) is 1.41. The first kappa shape index (κ1) is 7.88. The van der Waals surface area contributed by atoms with E-state index in [0.29, 0.717) is 12.8 Å². The van der Waals surface area contributed by atoms with Gasteiger partial charge in [-0.3, -0.25) is 4.79 Å². The van der Waals surface area contributed by atoms with Crippen molar-refractivity contribution in [1.29, 1.82) is 0 Å². The highest BCUT2D eigenvalue weighted by Gasteiger charge is 2.35. The van der Waals surface area contributed by atoms with E-state index < -0.39 is 5.97 Å². The van der Waals surface area contributed by atoms with Crippen LogP contribution < -0.4 is 0 Å². The number of carbonyl (C=O) groups is 1. The molecule has 0 radical (unpaired) electrons. The molecule has 4 heteroatoms. The molecule has 1 fully saturated rings. The molecule has 0 amide bonds. The van der Waals surface area contributed by atoms with Crippen molar-refractivity contribution in [3.8, 4) is 0 Å². The lowest BCUT2D eigenvalue weighted by Crippen LogP contribution is -2.34. The molecule has 1 rings (SSSR count). The molecule has 58 valence electrons. The van der Waals surface area contributed by atoms with Crippen molar-refractivity contribution in [3.05, 3.63) is 0 Å². The normalized spacial score (nSPS) is 31.3. The first-order chi connectivity index (χ1) is 4.74. The smallest absolute Gasteiger partial charge is 0.306 e. The Morgan fingerprint density at radius 1 is 1.70 bits per heavy atom. The molecule has 0 bridgehead atoms. The Balaban J connectivity index is 2.12. The van der Waals surface area contributed by atoms with E-state index in [4.69, 9.17) is 9.29 Å². The van der Waals surface area contributed by atoms with Gasteiger partial charge in [0.15, 0.2) is 0 Å². The summed E-state index contributed by atoms with van der Waals surface area (Å²) in [6.07, 6.45) is 3.37. The van der Waals surface area contributed by atoms with Crippen molar-refractivity contribution in [2.75, 3.05) is 6.26 Å². The van der Waals surface area contributed by atoms with E-state index in [-0.39, 0.29) is 12.0 Å². The minimum absolute atomic E-state index is 0.155. The van der Waals surface area contributed by atoms with Crippen molar-refractivity contribution < 1.29 is 14.1 Å². The summed E-state index contributed by atoms with van der Waals surface area (Å²) in [6, 6.07) is 0. The van der Waals surface area contributed by atoms with Gasteiger partial charge in [0.1, 0.15) is 0 Å². The standard InChI is InChI=1S/C6H10O3S/c1-10-9-5-2-4(3-5)6(7)8/h4-5H,2-3H2,1H3,(H,7,8). The highest BCUT2D eigenvalue weighted by molar-refractivity contribution is 7.93. The number of carboxylic acids is 1. The summed E-state index contributed by atoms with van der Waals surface area (Å²) in [4.78, 5) is 10.3. The molecular weight excluding hydrogens is 152 g/mol. The molecule has 1 aliphatic carbocycles. The second kappa shape index (κ2) is 3.25. The monoisotopic (exact) mass is 162 g/mol. The van der Waals surface area contributed by atoms with Crippen LogP contribution in [0.4, 0.5) is 0 Å². The van der Waals surface area contributed by atoms with Gasteiger partial charge in [-0.2, -0.15) is 0 Å². The number of hydrogen-bond donors (Lipinski definition) is 1. The van der Waals surface area contributed by atoms with Gasteiger partial charge >= 0.3 is 5.97 Å². The lowest BCUT2D eigenvalue weighted by atomic mass is 9.83. The fraction of sp³-hybridized carbons (Fsp3) is 0.833. The van der Waals surface area contributed by atoms with Crippen molar-refractivity contribution in [2.24, 2.45) is 5.92 Å². The zero-order chi connectivity index (χ0) is 7.56. The van der Waals surface area contributed by atoms with Gasteiger partial charge in [-0.25, -0.2) is 0 Å². The first-order valence-corrected chi connectivity index (χ1v) is 4.31. The molecule has 1 aliphatic rings. The summed E-state index contributed by atoms with van der Waals surface area (Å²) in [5, 5.41) is 8.46. The third-order valence-corrected chi connectivity index (χ3v) is 2.14. The Hall–Kier alpha value is -0.220. The quantitative estimate of drug-likeness (QED) is 0.632. The van der Waals surface area contributed by atoms with Gasteiger partial charge in [0.25, 0.3) is 0 Å². The van der Waals surface area contributed by atoms with Gasteiger partial charge in [-0.1, -0.05) is 0 Å². The van der Waals surface area contributed by atoms with Crippen molar-refractivity contribution in [2.45, 2.75) is 18.9 Å². The molecule has 0 unspecified atom stereocenters. The predicted molar refractivity (Wildman–Crippen MR) is 38.7 cm³/mol. The molecular formula is C6H10O3S. The van der Waals surface area contributed by atoms with Crippen LogP contribution in [0, 0.1) is 5.92 Å². The molecule has 0 aromatic heterocycles. The van der Waals surface area contributed by atoms with Crippen LogP contribution in [0.25, 0.3) is 0 Å². The van der Waals surface area contributed by atoms with E-state index in [2.05, 4.69) is 0 Å². The van der Waals surface area contributed by atoms with E-state index in [1.54, 1.807) is 0 Å². The summed E-state index contributed by atoms with van der Waals surface area (Å²) < 4.78 is 5.11. The zero-order valence-corrected chi connectivity index (χ0v) is 6.56. The summed E-state index contributed by atoms with van der Waals surface area (Å²) in [5.41, 5.74) is 0.